The summed E-state index contributed by atoms with van der Waals surface area (Å²) in [5, 5.41) is 7.09. The quantitative estimate of drug-likeness (QED) is 0.779. The van der Waals surface area contributed by atoms with Gasteiger partial charge in [0.2, 0.25) is 0 Å². The largest absolute Gasteiger partial charge is 0.416 e. The van der Waals surface area contributed by atoms with Gasteiger partial charge in [-0.15, -0.1) is 0 Å². The maximum atomic E-state index is 12.5. The number of alkyl halides is 3. The highest BCUT2D eigenvalue weighted by atomic mass is 35.5. The highest BCUT2D eigenvalue weighted by Crippen LogP contribution is 2.34. The molecule has 0 saturated carbocycles. The average Bonchev–Trinajstić information content (AvgIpc) is 2.84. The normalized spacial score (nSPS) is 13.3. The van der Waals surface area contributed by atoms with Crippen LogP contribution in [0.2, 0.25) is 5.02 Å². The first-order chi connectivity index (χ1) is 8.88. The molecule has 0 aliphatic carbocycles. The van der Waals surface area contributed by atoms with E-state index in [0.29, 0.717) is 5.69 Å². The molecule has 2 aromatic rings. The molecule has 102 valence electrons. The van der Waals surface area contributed by atoms with Crippen LogP contribution in [0, 0.1) is 0 Å². The van der Waals surface area contributed by atoms with Gasteiger partial charge in [-0.3, -0.25) is 0 Å². The number of nitrogens with one attached hydrogen (secondary N) is 1. The monoisotopic (exact) mass is 305 g/mol. The SMILES string of the molecule is CC(Nc1ccc(C(F)(F)F)cc1Cl)c1ccsc1. The summed E-state index contributed by atoms with van der Waals surface area (Å²) < 4.78 is 37.5. The molecule has 1 unspecified atom stereocenters. The molecule has 0 saturated heterocycles. The summed E-state index contributed by atoms with van der Waals surface area (Å²) in [5.41, 5.74) is 0.820. The number of benzene rings is 1. The second-order valence-electron chi connectivity index (χ2n) is 4.12. The van der Waals surface area contributed by atoms with Gasteiger partial charge in [0.05, 0.1) is 16.3 Å². The number of anilines is 1. The zero-order valence-corrected chi connectivity index (χ0v) is 11.5. The number of thiophene rings is 1. The Balaban J connectivity index is 2.18. The average molecular weight is 306 g/mol. The Morgan fingerprint density at radius 1 is 1.26 bits per heavy atom. The zero-order valence-electron chi connectivity index (χ0n) is 9.96. The zero-order chi connectivity index (χ0) is 14.0. The van der Waals surface area contributed by atoms with Gasteiger partial charge >= 0.3 is 6.18 Å². The van der Waals surface area contributed by atoms with E-state index >= 15 is 0 Å². The van der Waals surface area contributed by atoms with Gasteiger partial charge in [-0.1, -0.05) is 11.6 Å². The van der Waals surface area contributed by atoms with Crippen molar-refractivity contribution in [1.82, 2.24) is 0 Å². The van der Waals surface area contributed by atoms with E-state index in [-0.39, 0.29) is 11.1 Å². The van der Waals surface area contributed by atoms with E-state index in [1.807, 2.05) is 23.8 Å². The highest BCUT2D eigenvalue weighted by molar-refractivity contribution is 7.08. The van der Waals surface area contributed by atoms with Crippen molar-refractivity contribution in [3.05, 3.63) is 51.2 Å². The lowest BCUT2D eigenvalue weighted by Gasteiger charge is -2.16. The van der Waals surface area contributed by atoms with Crippen LogP contribution < -0.4 is 5.32 Å². The molecular formula is C13H11ClF3NS. The van der Waals surface area contributed by atoms with Crippen molar-refractivity contribution in [3.63, 3.8) is 0 Å². The van der Waals surface area contributed by atoms with Crippen molar-refractivity contribution < 1.29 is 13.2 Å². The van der Waals surface area contributed by atoms with E-state index in [0.717, 1.165) is 17.7 Å². The van der Waals surface area contributed by atoms with Gasteiger partial charge in [0.15, 0.2) is 0 Å². The van der Waals surface area contributed by atoms with Crippen molar-refractivity contribution in [1.29, 1.82) is 0 Å². The Morgan fingerprint density at radius 2 is 2.00 bits per heavy atom. The molecule has 0 aliphatic heterocycles. The minimum Gasteiger partial charge on any atom is -0.377 e. The van der Waals surface area contributed by atoms with E-state index in [9.17, 15) is 13.2 Å². The number of hydrogen-bond acceptors (Lipinski definition) is 2. The number of rotatable bonds is 3. The predicted molar refractivity (Wildman–Crippen MR) is 72.8 cm³/mol. The Labute approximate surface area is 118 Å². The summed E-state index contributed by atoms with van der Waals surface area (Å²) in [5.74, 6) is 0. The first-order valence-corrected chi connectivity index (χ1v) is 6.85. The van der Waals surface area contributed by atoms with Crippen LogP contribution in [0.3, 0.4) is 0 Å². The van der Waals surface area contributed by atoms with Gasteiger partial charge in [0, 0.05) is 6.04 Å². The summed E-state index contributed by atoms with van der Waals surface area (Å²) >= 11 is 7.45. The molecule has 0 radical (unpaired) electrons. The molecule has 1 N–H and O–H groups in total. The Hall–Kier alpha value is -1.20. The predicted octanol–water partition coefficient (Wildman–Crippen LogP) is 5.59. The smallest absolute Gasteiger partial charge is 0.377 e. The number of halogens is 4. The van der Waals surface area contributed by atoms with Crippen LogP contribution >= 0.6 is 22.9 Å². The molecule has 0 aliphatic rings. The molecular weight excluding hydrogens is 295 g/mol. The topological polar surface area (TPSA) is 12.0 Å². The van der Waals surface area contributed by atoms with Crippen molar-refractivity contribution in [3.8, 4) is 0 Å². The van der Waals surface area contributed by atoms with Gasteiger partial charge in [-0.25, -0.2) is 0 Å². The molecule has 0 bridgehead atoms. The fourth-order valence-corrected chi connectivity index (χ4v) is 2.64. The lowest BCUT2D eigenvalue weighted by molar-refractivity contribution is -0.137. The third-order valence-electron chi connectivity index (χ3n) is 2.71. The van der Waals surface area contributed by atoms with Crippen LogP contribution in [0.4, 0.5) is 18.9 Å². The number of hydrogen-bond donors (Lipinski definition) is 1. The fraction of sp³-hybridized carbons (Fsp3) is 0.231. The van der Waals surface area contributed by atoms with E-state index in [4.69, 9.17) is 11.6 Å². The molecule has 0 fully saturated rings. The lowest BCUT2D eigenvalue weighted by Crippen LogP contribution is -2.08. The molecule has 19 heavy (non-hydrogen) atoms. The van der Waals surface area contributed by atoms with Crippen LogP contribution in [-0.2, 0) is 6.18 Å². The van der Waals surface area contributed by atoms with E-state index in [1.54, 1.807) is 11.3 Å². The van der Waals surface area contributed by atoms with Crippen LogP contribution in [0.5, 0.6) is 0 Å². The van der Waals surface area contributed by atoms with Gasteiger partial charge in [-0.05, 0) is 47.5 Å². The molecule has 1 aromatic carbocycles. The minimum atomic E-state index is -4.37. The van der Waals surface area contributed by atoms with Crippen molar-refractivity contribution in [2.75, 3.05) is 5.32 Å². The molecule has 6 heteroatoms. The van der Waals surface area contributed by atoms with Crippen molar-refractivity contribution in [2.45, 2.75) is 19.1 Å². The van der Waals surface area contributed by atoms with E-state index in [1.165, 1.54) is 6.07 Å². The maximum Gasteiger partial charge on any atom is 0.416 e. The molecule has 0 amide bonds. The van der Waals surface area contributed by atoms with Crippen molar-refractivity contribution in [2.24, 2.45) is 0 Å². The summed E-state index contributed by atoms with van der Waals surface area (Å²) in [6.45, 7) is 1.93. The van der Waals surface area contributed by atoms with Crippen LogP contribution in [0.15, 0.2) is 35.0 Å². The summed E-state index contributed by atoms with van der Waals surface area (Å²) in [6, 6.07) is 5.26. The third-order valence-corrected chi connectivity index (χ3v) is 3.73. The first kappa shape index (κ1) is 14.2. The third kappa shape index (κ3) is 3.42. The fourth-order valence-electron chi connectivity index (χ4n) is 1.65. The molecule has 1 nitrogen and oxygen atoms in total. The summed E-state index contributed by atoms with van der Waals surface area (Å²) in [4.78, 5) is 0. The van der Waals surface area contributed by atoms with Crippen LogP contribution in [0.25, 0.3) is 0 Å². The Kier molecular flexibility index (Phi) is 4.06. The Bertz CT molecular complexity index is 552. The standard InChI is InChI=1S/C13H11ClF3NS/c1-8(9-4-5-19-7-9)18-12-3-2-10(6-11(12)14)13(15,16)17/h2-8,18H,1H3. The minimum absolute atomic E-state index is 0.0134. The van der Waals surface area contributed by atoms with E-state index in [2.05, 4.69) is 5.32 Å². The van der Waals surface area contributed by atoms with Crippen molar-refractivity contribution >= 4 is 28.6 Å². The second-order valence-corrected chi connectivity index (χ2v) is 5.30. The molecule has 0 spiro atoms. The van der Waals surface area contributed by atoms with Crippen LogP contribution in [0.1, 0.15) is 24.1 Å². The van der Waals surface area contributed by atoms with E-state index < -0.39 is 11.7 Å². The highest BCUT2D eigenvalue weighted by Gasteiger charge is 2.30. The Morgan fingerprint density at radius 3 is 2.53 bits per heavy atom. The van der Waals surface area contributed by atoms with Crippen LogP contribution in [-0.4, -0.2) is 0 Å². The van der Waals surface area contributed by atoms with Gasteiger partial charge in [-0.2, -0.15) is 24.5 Å². The van der Waals surface area contributed by atoms with Gasteiger partial charge in [0.1, 0.15) is 0 Å². The van der Waals surface area contributed by atoms with Gasteiger partial charge in [0.25, 0.3) is 0 Å². The summed E-state index contributed by atoms with van der Waals surface area (Å²) in [6.07, 6.45) is -4.37. The molecule has 2 rings (SSSR count). The molecule has 1 aromatic heterocycles. The second kappa shape index (κ2) is 5.43. The summed E-state index contributed by atoms with van der Waals surface area (Å²) in [7, 11) is 0. The van der Waals surface area contributed by atoms with Gasteiger partial charge < -0.3 is 5.32 Å². The molecule has 1 heterocycles. The first-order valence-electron chi connectivity index (χ1n) is 5.53. The lowest BCUT2D eigenvalue weighted by atomic mass is 10.1. The molecule has 1 atom stereocenters. The maximum absolute atomic E-state index is 12.5.